The van der Waals surface area contributed by atoms with Gasteiger partial charge >= 0.3 is 0 Å². The summed E-state index contributed by atoms with van der Waals surface area (Å²) in [5.41, 5.74) is 6.35. The lowest BCUT2D eigenvalue weighted by Crippen LogP contribution is -2.46. The van der Waals surface area contributed by atoms with Crippen LogP contribution in [0.25, 0.3) is 0 Å². The Kier molecular flexibility index (Phi) is 4.93. The van der Waals surface area contributed by atoms with E-state index >= 15 is 0 Å². The van der Waals surface area contributed by atoms with Crippen LogP contribution < -0.4 is 11.1 Å². The quantitative estimate of drug-likeness (QED) is 0.827. The Morgan fingerprint density at radius 1 is 1.58 bits per heavy atom. The molecular weight excluding hydrogens is 244 g/mol. The molecule has 2 heterocycles. The largest absolute Gasteiger partial charge is 0.446 e. The average Bonchev–Trinajstić information content (AvgIpc) is 2.94. The summed E-state index contributed by atoms with van der Waals surface area (Å²) in [5, 5.41) is 3.21. The molecule has 6 heteroatoms. The first-order chi connectivity index (χ1) is 9.22. The molecule has 0 spiro atoms. The van der Waals surface area contributed by atoms with Gasteiger partial charge in [-0.3, -0.25) is 4.79 Å². The van der Waals surface area contributed by atoms with Gasteiger partial charge < -0.3 is 20.4 Å². The molecule has 6 nitrogen and oxygen atoms in total. The molecule has 0 saturated carbocycles. The standard InChI is InChI=1S/C13H22N4O2/c1-2-3-4-10(14)12-16-11(9-19-12)13(18)17-7-5-15-6-8-17/h9-10,15H,2-8,14H2,1H3. The molecule has 2 rings (SSSR count). The lowest BCUT2D eigenvalue weighted by Gasteiger charge is -2.26. The van der Waals surface area contributed by atoms with E-state index in [2.05, 4.69) is 17.2 Å². The highest BCUT2D eigenvalue weighted by Crippen LogP contribution is 2.17. The van der Waals surface area contributed by atoms with Crippen molar-refractivity contribution in [2.75, 3.05) is 26.2 Å². The number of nitrogens with one attached hydrogen (secondary N) is 1. The molecule has 106 valence electrons. The Hall–Kier alpha value is -1.40. The van der Waals surface area contributed by atoms with E-state index in [4.69, 9.17) is 10.2 Å². The fraction of sp³-hybridized carbons (Fsp3) is 0.692. The molecule has 1 fully saturated rings. The zero-order valence-electron chi connectivity index (χ0n) is 11.4. The van der Waals surface area contributed by atoms with Crippen LogP contribution in [-0.2, 0) is 0 Å². The van der Waals surface area contributed by atoms with Gasteiger partial charge in [-0.2, -0.15) is 0 Å². The van der Waals surface area contributed by atoms with Crippen molar-refractivity contribution in [3.63, 3.8) is 0 Å². The average molecular weight is 266 g/mol. The van der Waals surface area contributed by atoms with Crippen LogP contribution in [0.3, 0.4) is 0 Å². The minimum atomic E-state index is -0.218. The van der Waals surface area contributed by atoms with E-state index in [1.165, 1.54) is 6.26 Å². The van der Waals surface area contributed by atoms with Gasteiger partial charge in [0.1, 0.15) is 6.26 Å². The van der Waals surface area contributed by atoms with E-state index in [0.717, 1.165) is 32.4 Å². The zero-order chi connectivity index (χ0) is 13.7. The van der Waals surface area contributed by atoms with Gasteiger partial charge in [0, 0.05) is 26.2 Å². The maximum atomic E-state index is 12.2. The van der Waals surface area contributed by atoms with Gasteiger partial charge in [-0.15, -0.1) is 0 Å². The highest BCUT2D eigenvalue weighted by atomic mass is 16.3. The van der Waals surface area contributed by atoms with Crippen molar-refractivity contribution in [2.45, 2.75) is 32.2 Å². The van der Waals surface area contributed by atoms with Crippen molar-refractivity contribution in [2.24, 2.45) is 5.73 Å². The fourth-order valence-electron chi connectivity index (χ4n) is 2.13. The van der Waals surface area contributed by atoms with Crippen molar-refractivity contribution in [1.82, 2.24) is 15.2 Å². The van der Waals surface area contributed by atoms with E-state index in [1.54, 1.807) is 4.90 Å². The fourth-order valence-corrected chi connectivity index (χ4v) is 2.13. The molecule has 1 aromatic rings. The van der Waals surface area contributed by atoms with Gasteiger partial charge in [0.05, 0.1) is 6.04 Å². The Labute approximate surface area is 113 Å². The molecule has 1 saturated heterocycles. The van der Waals surface area contributed by atoms with E-state index in [0.29, 0.717) is 24.7 Å². The molecular formula is C13H22N4O2. The molecule has 3 N–H and O–H groups in total. The number of amides is 1. The number of nitrogens with two attached hydrogens (primary N) is 1. The number of hydrogen-bond donors (Lipinski definition) is 2. The van der Waals surface area contributed by atoms with Crippen LogP contribution in [-0.4, -0.2) is 42.0 Å². The van der Waals surface area contributed by atoms with E-state index in [-0.39, 0.29) is 11.9 Å². The first-order valence-corrected chi connectivity index (χ1v) is 6.93. The Morgan fingerprint density at radius 3 is 3.00 bits per heavy atom. The summed E-state index contributed by atoms with van der Waals surface area (Å²) in [6, 6.07) is -0.218. The topological polar surface area (TPSA) is 84.4 Å². The minimum absolute atomic E-state index is 0.0702. The number of aromatic nitrogens is 1. The normalized spacial score (nSPS) is 17.5. The molecule has 0 aliphatic carbocycles. The zero-order valence-corrected chi connectivity index (χ0v) is 11.4. The van der Waals surface area contributed by atoms with Crippen LogP contribution in [0.5, 0.6) is 0 Å². The smallest absolute Gasteiger partial charge is 0.275 e. The Bertz CT molecular complexity index is 413. The van der Waals surface area contributed by atoms with Crippen LogP contribution in [0.4, 0.5) is 0 Å². The number of carbonyl (C=O) groups is 1. The maximum absolute atomic E-state index is 12.2. The number of rotatable bonds is 5. The van der Waals surface area contributed by atoms with Crippen molar-refractivity contribution in [3.8, 4) is 0 Å². The molecule has 1 unspecified atom stereocenters. The molecule has 19 heavy (non-hydrogen) atoms. The monoisotopic (exact) mass is 266 g/mol. The molecule has 1 atom stereocenters. The minimum Gasteiger partial charge on any atom is -0.446 e. The molecule has 0 aromatic carbocycles. The van der Waals surface area contributed by atoms with Crippen LogP contribution in [0.2, 0.25) is 0 Å². The highest BCUT2D eigenvalue weighted by Gasteiger charge is 2.22. The summed E-state index contributed by atoms with van der Waals surface area (Å²) < 4.78 is 5.34. The number of hydrogen-bond acceptors (Lipinski definition) is 5. The second kappa shape index (κ2) is 6.68. The number of piperazine rings is 1. The third-order valence-electron chi connectivity index (χ3n) is 3.33. The van der Waals surface area contributed by atoms with Crippen LogP contribution in [0, 0.1) is 0 Å². The predicted octanol–water partition coefficient (Wildman–Crippen LogP) is 0.910. The van der Waals surface area contributed by atoms with Crippen molar-refractivity contribution >= 4 is 5.91 Å². The van der Waals surface area contributed by atoms with Crippen molar-refractivity contribution in [3.05, 3.63) is 17.8 Å². The second-order valence-electron chi connectivity index (χ2n) is 4.86. The molecule has 0 bridgehead atoms. The van der Waals surface area contributed by atoms with Crippen molar-refractivity contribution < 1.29 is 9.21 Å². The molecule has 1 aliphatic heterocycles. The van der Waals surface area contributed by atoms with Gasteiger partial charge in [0.25, 0.3) is 5.91 Å². The molecule has 0 radical (unpaired) electrons. The summed E-state index contributed by atoms with van der Waals surface area (Å²) in [5.74, 6) is 0.395. The lowest BCUT2D eigenvalue weighted by atomic mass is 10.1. The number of unbranched alkanes of at least 4 members (excludes halogenated alkanes) is 1. The van der Waals surface area contributed by atoms with Crippen LogP contribution in [0.15, 0.2) is 10.7 Å². The summed E-state index contributed by atoms with van der Waals surface area (Å²) >= 11 is 0. The Morgan fingerprint density at radius 2 is 2.32 bits per heavy atom. The second-order valence-corrected chi connectivity index (χ2v) is 4.86. The van der Waals surface area contributed by atoms with Crippen molar-refractivity contribution in [1.29, 1.82) is 0 Å². The number of oxazole rings is 1. The third kappa shape index (κ3) is 3.54. The molecule has 1 amide bonds. The van der Waals surface area contributed by atoms with E-state index in [9.17, 15) is 4.79 Å². The third-order valence-corrected chi connectivity index (χ3v) is 3.33. The summed E-state index contributed by atoms with van der Waals surface area (Å²) in [7, 11) is 0. The van der Waals surface area contributed by atoms with Gasteiger partial charge in [-0.05, 0) is 6.42 Å². The van der Waals surface area contributed by atoms with Crippen LogP contribution in [0.1, 0.15) is 48.6 Å². The number of carbonyl (C=O) groups excluding carboxylic acids is 1. The van der Waals surface area contributed by atoms with Gasteiger partial charge in [-0.25, -0.2) is 4.98 Å². The van der Waals surface area contributed by atoms with E-state index in [1.807, 2.05) is 0 Å². The lowest BCUT2D eigenvalue weighted by molar-refractivity contribution is 0.0730. The summed E-state index contributed by atoms with van der Waals surface area (Å²) in [4.78, 5) is 18.2. The first kappa shape index (κ1) is 14.0. The SMILES string of the molecule is CCCCC(N)c1nc(C(=O)N2CCNCC2)co1. The Balaban J connectivity index is 1.97. The van der Waals surface area contributed by atoms with Gasteiger partial charge in [0.15, 0.2) is 5.69 Å². The first-order valence-electron chi connectivity index (χ1n) is 6.93. The van der Waals surface area contributed by atoms with Crippen LogP contribution >= 0.6 is 0 Å². The summed E-state index contributed by atoms with van der Waals surface area (Å²) in [6.45, 7) is 5.19. The maximum Gasteiger partial charge on any atom is 0.275 e. The molecule has 1 aliphatic rings. The predicted molar refractivity (Wildman–Crippen MR) is 71.7 cm³/mol. The van der Waals surface area contributed by atoms with E-state index < -0.39 is 0 Å². The van der Waals surface area contributed by atoms with Gasteiger partial charge in [-0.1, -0.05) is 19.8 Å². The number of nitrogens with zero attached hydrogens (tertiary/aromatic N) is 2. The highest BCUT2D eigenvalue weighted by molar-refractivity contribution is 5.92. The summed E-state index contributed by atoms with van der Waals surface area (Å²) in [6.07, 6.45) is 4.37. The molecule has 1 aromatic heterocycles. The van der Waals surface area contributed by atoms with Gasteiger partial charge in [0.2, 0.25) is 5.89 Å².